The van der Waals surface area contributed by atoms with Crippen LogP contribution in [0.2, 0.25) is 0 Å². The highest BCUT2D eigenvalue weighted by Crippen LogP contribution is 2.19. The number of nitrogens with one attached hydrogen (secondary N) is 1. The van der Waals surface area contributed by atoms with E-state index in [1.807, 2.05) is 0 Å². The minimum absolute atomic E-state index is 0.0124. The molecule has 1 aromatic heterocycles. The summed E-state index contributed by atoms with van der Waals surface area (Å²) in [6, 6.07) is 6.97. The summed E-state index contributed by atoms with van der Waals surface area (Å²) in [5, 5.41) is 2.75. The van der Waals surface area contributed by atoms with E-state index in [0.717, 1.165) is 25.7 Å². The number of anilines is 1. The van der Waals surface area contributed by atoms with Gasteiger partial charge in [-0.15, -0.1) is 0 Å². The van der Waals surface area contributed by atoms with Crippen molar-refractivity contribution in [3.05, 3.63) is 36.8 Å². The lowest BCUT2D eigenvalue weighted by molar-refractivity contribution is -0.116. The van der Waals surface area contributed by atoms with Gasteiger partial charge in [0.2, 0.25) is 5.91 Å². The Morgan fingerprint density at radius 2 is 1.81 bits per heavy atom. The van der Waals surface area contributed by atoms with Crippen molar-refractivity contribution < 1.29 is 17.9 Å². The van der Waals surface area contributed by atoms with Gasteiger partial charge in [0.15, 0.2) is 5.03 Å². The second-order valence-corrected chi connectivity index (χ2v) is 8.36. The van der Waals surface area contributed by atoms with Gasteiger partial charge in [-0.3, -0.25) is 4.79 Å². The number of amides is 1. The molecule has 1 amide bonds. The standard InChI is InChI=1S/C18H24N4O4S/c1-26-16-8-6-15(7-9-16)20-17(23)12-21-13-18(19-14-21)27(24,25)22-10-4-2-3-5-11-22/h6-9,13-14H,2-5,10-12H2,1H3,(H,20,23). The highest BCUT2D eigenvalue weighted by Gasteiger charge is 2.27. The maximum atomic E-state index is 12.7. The third-order valence-corrected chi connectivity index (χ3v) is 6.26. The highest BCUT2D eigenvalue weighted by atomic mass is 32.2. The normalized spacial score (nSPS) is 15.9. The van der Waals surface area contributed by atoms with E-state index in [2.05, 4.69) is 10.3 Å². The maximum Gasteiger partial charge on any atom is 0.262 e. The number of ether oxygens (including phenoxy) is 1. The van der Waals surface area contributed by atoms with E-state index >= 15 is 0 Å². The van der Waals surface area contributed by atoms with E-state index in [4.69, 9.17) is 4.74 Å². The van der Waals surface area contributed by atoms with Crippen LogP contribution < -0.4 is 10.1 Å². The van der Waals surface area contributed by atoms with Crippen molar-refractivity contribution in [1.82, 2.24) is 13.9 Å². The second-order valence-electron chi connectivity index (χ2n) is 6.48. The topological polar surface area (TPSA) is 93.5 Å². The van der Waals surface area contributed by atoms with Gasteiger partial charge in [-0.1, -0.05) is 12.8 Å². The molecule has 3 rings (SSSR count). The molecule has 0 saturated carbocycles. The fraction of sp³-hybridized carbons (Fsp3) is 0.444. The molecule has 0 radical (unpaired) electrons. The van der Waals surface area contributed by atoms with Crippen molar-refractivity contribution in [1.29, 1.82) is 0 Å². The van der Waals surface area contributed by atoms with E-state index < -0.39 is 10.0 Å². The average molecular weight is 392 g/mol. The van der Waals surface area contributed by atoms with Gasteiger partial charge in [-0.05, 0) is 37.1 Å². The molecule has 1 aromatic carbocycles. The molecule has 0 unspecified atom stereocenters. The quantitative estimate of drug-likeness (QED) is 0.812. The van der Waals surface area contributed by atoms with Gasteiger partial charge in [0.1, 0.15) is 12.3 Å². The van der Waals surface area contributed by atoms with Crippen LogP contribution in [0.15, 0.2) is 41.8 Å². The van der Waals surface area contributed by atoms with Gasteiger partial charge in [0.25, 0.3) is 10.0 Å². The lowest BCUT2D eigenvalue weighted by atomic mass is 10.2. The first-order chi connectivity index (χ1) is 13.0. The van der Waals surface area contributed by atoms with Gasteiger partial charge >= 0.3 is 0 Å². The third kappa shape index (κ3) is 4.86. The molecule has 27 heavy (non-hydrogen) atoms. The van der Waals surface area contributed by atoms with Crippen molar-refractivity contribution in [2.24, 2.45) is 0 Å². The molecule has 0 atom stereocenters. The molecule has 0 spiro atoms. The molecule has 0 bridgehead atoms. The minimum atomic E-state index is -3.61. The number of methoxy groups -OCH3 is 1. The number of sulfonamides is 1. The predicted octanol–water partition coefficient (Wildman–Crippen LogP) is 2.10. The van der Waals surface area contributed by atoms with Crippen molar-refractivity contribution in [3.63, 3.8) is 0 Å². The lowest BCUT2D eigenvalue weighted by Crippen LogP contribution is -2.32. The van der Waals surface area contributed by atoms with Crippen LogP contribution in [-0.2, 0) is 21.4 Å². The van der Waals surface area contributed by atoms with Crippen molar-refractivity contribution in [3.8, 4) is 5.75 Å². The van der Waals surface area contributed by atoms with Crippen molar-refractivity contribution in [2.75, 3.05) is 25.5 Å². The molecule has 8 nitrogen and oxygen atoms in total. The Morgan fingerprint density at radius 1 is 1.15 bits per heavy atom. The van der Waals surface area contributed by atoms with Gasteiger partial charge < -0.3 is 14.6 Å². The number of carbonyl (C=O) groups is 1. The third-order valence-electron chi connectivity index (χ3n) is 4.48. The van der Waals surface area contributed by atoms with Gasteiger partial charge in [0.05, 0.1) is 13.4 Å². The fourth-order valence-corrected chi connectivity index (χ4v) is 4.47. The van der Waals surface area contributed by atoms with Crippen LogP contribution in [0.4, 0.5) is 5.69 Å². The summed E-state index contributed by atoms with van der Waals surface area (Å²) in [5.41, 5.74) is 0.637. The van der Waals surface area contributed by atoms with Crippen molar-refractivity contribution >= 4 is 21.6 Å². The molecule has 9 heteroatoms. The van der Waals surface area contributed by atoms with Gasteiger partial charge in [-0.2, -0.15) is 4.31 Å². The molecule has 2 heterocycles. The molecule has 1 fully saturated rings. The highest BCUT2D eigenvalue weighted by molar-refractivity contribution is 7.89. The fourth-order valence-electron chi connectivity index (χ4n) is 3.01. The molecular formula is C18H24N4O4S. The Labute approximate surface area is 159 Å². The van der Waals surface area contributed by atoms with Crippen LogP contribution in [0.25, 0.3) is 0 Å². The minimum Gasteiger partial charge on any atom is -0.497 e. The van der Waals surface area contributed by atoms with Crippen LogP contribution in [0, 0.1) is 0 Å². The zero-order valence-corrected chi connectivity index (χ0v) is 16.1. The summed E-state index contributed by atoms with van der Waals surface area (Å²) < 4.78 is 33.5. The van der Waals surface area contributed by atoms with Crippen LogP contribution in [0.1, 0.15) is 25.7 Å². The number of hydrogen-bond donors (Lipinski definition) is 1. The molecule has 146 valence electrons. The number of nitrogens with zero attached hydrogens (tertiary/aromatic N) is 3. The summed E-state index contributed by atoms with van der Waals surface area (Å²) in [6.07, 6.45) is 6.61. The Bertz CT molecular complexity index is 869. The molecule has 1 N–H and O–H groups in total. The summed E-state index contributed by atoms with van der Waals surface area (Å²) in [5.74, 6) is 0.433. The molecule has 0 aliphatic carbocycles. The van der Waals surface area contributed by atoms with E-state index in [1.165, 1.54) is 21.4 Å². The zero-order valence-electron chi connectivity index (χ0n) is 15.3. The summed E-state index contributed by atoms with van der Waals surface area (Å²) in [7, 11) is -2.04. The average Bonchev–Trinajstić information content (AvgIpc) is 2.95. The number of imidazole rings is 1. The van der Waals surface area contributed by atoms with E-state index in [0.29, 0.717) is 24.5 Å². The SMILES string of the molecule is COc1ccc(NC(=O)Cn2cnc(S(=O)(=O)N3CCCCCC3)c2)cc1. The van der Waals surface area contributed by atoms with Crippen molar-refractivity contribution in [2.45, 2.75) is 37.3 Å². The lowest BCUT2D eigenvalue weighted by Gasteiger charge is -2.18. The van der Waals surface area contributed by atoms with Crippen LogP contribution in [0.5, 0.6) is 5.75 Å². The van der Waals surface area contributed by atoms with E-state index in [1.54, 1.807) is 31.4 Å². The van der Waals surface area contributed by atoms with Crippen LogP contribution in [0.3, 0.4) is 0 Å². The molecule has 1 aliphatic rings. The number of aromatic nitrogens is 2. The monoisotopic (exact) mass is 392 g/mol. The Morgan fingerprint density at radius 3 is 2.44 bits per heavy atom. The first kappa shape index (κ1) is 19.4. The number of hydrogen-bond acceptors (Lipinski definition) is 5. The smallest absolute Gasteiger partial charge is 0.262 e. The molecule has 2 aromatic rings. The second kappa shape index (κ2) is 8.53. The molecular weight excluding hydrogens is 368 g/mol. The predicted molar refractivity (Wildman–Crippen MR) is 101 cm³/mol. The zero-order chi connectivity index (χ0) is 19.3. The first-order valence-electron chi connectivity index (χ1n) is 8.95. The molecule has 1 saturated heterocycles. The van der Waals surface area contributed by atoms with Crippen LogP contribution >= 0.6 is 0 Å². The van der Waals surface area contributed by atoms with E-state index in [9.17, 15) is 13.2 Å². The van der Waals surface area contributed by atoms with Gasteiger partial charge in [0, 0.05) is 25.0 Å². The largest absolute Gasteiger partial charge is 0.497 e. The summed E-state index contributed by atoms with van der Waals surface area (Å²) >= 11 is 0. The maximum absolute atomic E-state index is 12.7. The Hall–Kier alpha value is -2.39. The van der Waals surface area contributed by atoms with Gasteiger partial charge in [-0.25, -0.2) is 13.4 Å². The number of carbonyl (C=O) groups excluding carboxylic acids is 1. The van der Waals surface area contributed by atoms with Crippen LogP contribution in [-0.4, -0.2) is 48.4 Å². The first-order valence-corrected chi connectivity index (χ1v) is 10.4. The Kier molecular flexibility index (Phi) is 6.12. The number of rotatable bonds is 6. The molecule has 1 aliphatic heterocycles. The number of benzene rings is 1. The van der Waals surface area contributed by atoms with E-state index in [-0.39, 0.29) is 17.5 Å². The summed E-state index contributed by atoms with van der Waals surface area (Å²) in [4.78, 5) is 16.2. The summed E-state index contributed by atoms with van der Waals surface area (Å²) in [6.45, 7) is 1.02. The Balaban J connectivity index is 1.63.